The molecule has 0 spiro atoms. The van der Waals surface area contributed by atoms with Gasteiger partial charge in [0.25, 0.3) is 5.91 Å². The van der Waals surface area contributed by atoms with Crippen molar-refractivity contribution in [3.05, 3.63) is 29.3 Å². The summed E-state index contributed by atoms with van der Waals surface area (Å²) in [5.74, 6) is -0.366. The number of phenols is 1. The van der Waals surface area contributed by atoms with Crippen LogP contribution in [0.15, 0.2) is 18.2 Å². The summed E-state index contributed by atoms with van der Waals surface area (Å²) in [6.07, 6.45) is 0.648. The van der Waals surface area contributed by atoms with E-state index < -0.39 is 0 Å². The van der Waals surface area contributed by atoms with Crippen LogP contribution in [0, 0.1) is 6.92 Å². The molecule has 16 heavy (non-hydrogen) atoms. The Morgan fingerprint density at radius 3 is 2.75 bits per heavy atom. The Hall–Kier alpha value is -1.55. The summed E-state index contributed by atoms with van der Waals surface area (Å²) in [7, 11) is 0. The first-order valence-corrected chi connectivity index (χ1v) is 5.30. The molecule has 1 aromatic carbocycles. The van der Waals surface area contributed by atoms with Gasteiger partial charge in [0.05, 0.1) is 18.2 Å². The second kappa shape index (κ2) is 5.51. The summed E-state index contributed by atoms with van der Waals surface area (Å²) in [5, 5.41) is 21.3. The zero-order valence-electron chi connectivity index (χ0n) is 9.53. The third-order valence-corrected chi connectivity index (χ3v) is 2.53. The monoisotopic (exact) mass is 223 g/mol. The largest absolute Gasteiger partial charge is 0.507 e. The van der Waals surface area contributed by atoms with Gasteiger partial charge in [-0.2, -0.15) is 0 Å². The van der Waals surface area contributed by atoms with Crippen molar-refractivity contribution < 1.29 is 15.0 Å². The van der Waals surface area contributed by atoms with Gasteiger partial charge in [-0.3, -0.25) is 4.79 Å². The highest BCUT2D eigenvalue weighted by molar-refractivity contribution is 5.97. The summed E-state index contributed by atoms with van der Waals surface area (Å²) in [6.45, 7) is 3.50. The molecule has 4 nitrogen and oxygen atoms in total. The first kappa shape index (κ1) is 12.5. The molecule has 1 amide bonds. The minimum Gasteiger partial charge on any atom is -0.507 e. The van der Waals surface area contributed by atoms with Gasteiger partial charge in [0.1, 0.15) is 5.75 Å². The van der Waals surface area contributed by atoms with Crippen molar-refractivity contribution in [3.8, 4) is 5.75 Å². The summed E-state index contributed by atoms with van der Waals surface area (Å²) in [5.41, 5.74) is 0.900. The number of nitrogens with one attached hydrogen (secondary N) is 1. The predicted octanol–water partition coefficient (Wildman–Crippen LogP) is 1.20. The third kappa shape index (κ3) is 2.73. The number of amides is 1. The van der Waals surface area contributed by atoms with Gasteiger partial charge in [0.2, 0.25) is 0 Å². The Bertz CT molecular complexity index is 373. The molecule has 0 saturated heterocycles. The molecular formula is C12H17NO3. The van der Waals surface area contributed by atoms with Gasteiger partial charge >= 0.3 is 0 Å². The first-order chi connectivity index (χ1) is 7.60. The molecular weight excluding hydrogens is 206 g/mol. The Morgan fingerprint density at radius 2 is 2.19 bits per heavy atom. The minimum atomic E-state index is -0.359. The summed E-state index contributed by atoms with van der Waals surface area (Å²) >= 11 is 0. The highest BCUT2D eigenvalue weighted by Gasteiger charge is 2.15. The van der Waals surface area contributed by atoms with Crippen molar-refractivity contribution in [2.24, 2.45) is 0 Å². The van der Waals surface area contributed by atoms with E-state index in [1.165, 1.54) is 0 Å². The fourth-order valence-corrected chi connectivity index (χ4v) is 1.38. The standard InChI is InChI=1S/C12H17NO3/c1-3-9(7-14)13-12(16)10-6-4-5-8(2)11(10)15/h4-6,9,14-15H,3,7H2,1-2H3,(H,13,16)/t9-/m0/s1. The Labute approximate surface area is 94.9 Å². The summed E-state index contributed by atoms with van der Waals surface area (Å²) < 4.78 is 0. The normalized spacial score (nSPS) is 12.2. The number of carbonyl (C=O) groups excluding carboxylic acids is 1. The van der Waals surface area contributed by atoms with Crippen molar-refractivity contribution in [2.45, 2.75) is 26.3 Å². The van der Waals surface area contributed by atoms with Crippen LogP contribution in [0.3, 0.4) is 0 Å². The molecule has 0 aliphatic rings. The van der Waals surface area contributed by atoms with Crippen molar-refractivity contribution in [3.63, 3.8) is 0 Å². The average Bonchev–Trinajstić information content (AvgIpc) is 2.29. The van der Waals surface area contributed by atoms with Crippen LogP contribution >= 0.6 is 0 Å². The number of aromatic hydroxyl groups is 1. The summed E-state index contributed by atoms with van der Waals surface area (Å²) in [6, 6.07) is 4.73. The number of phenolic OH excluding ortho intramolecular Hbond substituents is 1. The fourth-order valence-electron chi connectivity index (χ4n) is 1.38. The van der Waals surface area contributed by atoms with E-state index in [1.807, 2.05) is 6.92 Å². The number of para-hydroxylation sites is 1. The second-order valence-corrected chi connectivity index (χ2v) is 3.73. The van der Waals surface area contributed by atoms with Crippen molar-refractivity contribution >= 4 is 5.91 Å². The molecule has 1 atom stereocenters. The van der Waals surface area contributed by atoms with Crippen LogP contribution in [0.25, 0.3) is 0 Å². The van der Waals surface area contributed by atoms with Gasteiger partial charge in [-0.15, -0.1) is 0 Å². The lowest BCUT2D eigenvalue weighted by Crippen LogP contribution is -2.36. The molecule has 0 bridgehead atoms. The molecule has 3 N–H and O–H groups in total. The highest BCUT2D eigenvalue weighted by atomic mass is 16.3. The van der Waals surface area contributed by atoms with Crippen LogP contribution in [0.1, 0.15) is 29.3 Å². The molecule has 0 fully saturated rings. The number of aliphatic hydroxyl groups is 1. The summed E-state index contributed by atoms with van der Waals surface area (Å²) in [4.78, 5) is 11.8. The molecule has 0 aliphatic heterocycles. The van der Waals surface area contributed by atoms with E-state index in [0.717, 1.165) is 0 Å². The number of hydrogen-bond acceptors (Lipinski definition) is 3. The third-order valence-electron chi connectivity index (χ3n) is 2.53. The van der Waals surface area contributed by atoms with E-state index in [2.05, 4.69) is 5.32 Å². The maximum Gasteiger partial charge on any atom is 0.255 e. The molecule has 0 aromatic heterocycles. The van der Waals surface area contributed by atoms with Crippen LogP contribution < -0.4 is 5.32 Å². The quantitative estimate of drug-likeness (QED) is 0.718. The van der Waals surface area contributed by atoms with E-state index in [1.54, 1.807) is 25.1 Å². The molecule has 1 rings (SSSR count). The Kier molecular flexibility index (Phi) is 4.31. The predicted molar refractivity (Wildman–Crippen MR) is 61.5 cm³/mol. The van der Waals surface area contributed by atoms with Gasteiger partial charge in [-0.05, 0) is 25.0 Å². The van der Waals surface area contributed by atoms with Crippen LogP contribution in [-0.4, -0.2) is 28.8 Å². The maximum absolute atomic E-state index is 11.8. The van der Waals surface area contributed by atoms with Gasteiger partial charge in [-0.25, -0.2) is 0 Å². The molecule has 1 aromatic rings. The van der Waals surface area contributed by atoms with E-state index >= 15 is 0 Å². The van der Waals surface area contributed by atoms with Crippen molar-refractivity contribution in [1.82, 2.24) is 5.32 Å². The molecule has 4 heteroatoms. The number of aryl methyl sites for hydroxylation is 1. The molecule has 0 unspecified atom stereocenters. The minimum absolute atomic E-state index is 0.00667. The van der Waals surface area contributed by atoms with Crippen LogP contribution in [0.4, 0.5) is 0 Å². The average molecular weight is 223 g/mol. The smallest absolute Gasteiger partial charge is 0.255 e. The lowest BCUT2D eigenvalue weighted by molar-refractivity contribution is 0.0912. The van der Waals surface area contributed by atoms with Gasteiger partial charge < -0.3 is 15.5 Å². The van der Waals surface area contributed by atoms with Crippen LogP contribution in [-0.2, 0) is 0 Å². The van der Waals surface area contributed by atoms with E-state index in [0.29, 0.717) is 12.0 Å². The topological polar surface area (TPSA) is 69.6 Å². The number of hydrogen-bond donors (Lipinski definition) is 3. The van der Waals surface area contributed by atoms with Gasteiger partial charge in [-0.1, -0.05) is 19.1 Å². The highest BCUT2D eigenvalue weighted by Crippen LogP contribution is 2.21. The SMILES string of the molecule is CC[C@@H](CO)NC(=O)c1cccc(C)c1O. The number of benzene rings is 1. The molecule has 0 heterocycles. The lowest BCUT2D eigenvalue weighted by atomic mass is 10.1. The van der Waals surface area contributed by atoms with E-state index in [-0.39, 0.29) is 29.9 Å². The number of aliphatic hydroxyl groups excluding tert-OH is 1. The maximum atomic E-state index is 11.8. The Balaban J connectivity index is 2.84. The molecule has 0 radical (unpaired) electrons. The fraction of sp³-hybridized carbons (Fsp3) is 0.417. The van der Waals surface area contributed by atoms with Crippen molar-refractivity contribution in [2.75, 3.05) is 6.61 Å². The first-order valence-electron chi connectivity index (χ1n) is 5.30. The Morgan fingerprint density at radius 1 is 1.50 bits per heavy atom. The van der Waals surface area contributed by atoms with Crippen LogP contribution in [0.5, 0.6) is 5.75 Å². The molecule has 0 aliphatic carbocycles. The molecule has 88 valence electrons. The zero-order chi connectivity index (χ0) is 12.1. The van der Waals surface area contributed by atoms with E-state index in [9.17, 15) is 9.90 Å². The zero-order valence-corrected chi connectivity index (χ0v) is 9.53. The lowest BCUT2D eigenvalue weighted by Gasteiger charge is -2.14. The van der Waals surface area contributed by atoms with Gasteiger partial charge in [0.15, 0.2) is 0 Å². The van der Waals surface area contributed by atoms with Crippen LogP contribution in [0.2, 0.25) is 0 Å². The van der Waals surface area contributed by atoms with Gasteiger partial charge in [0, 0.05) is 0 Å². The number of carbonyl (C=O) groups is 1. The van der Waals surface area contributed by atoms with E-state index in [4.69, 9.17) is 5.11 Å². The number of rotatable bonds is 4. The van der Waals surface area contributed by atoms with Crippen molar-refractivity contribution in [1.29, 1.82) is 0 Å². The second-order valence-electron chi connectivity index (χ2n) is 3.73. The molecule has 0 saturated carbocycles.